The molecule has 0 fully saturated rings. The third kappa shape index (κ3) is 3.77. The summed E-state index contributed by atoms with van der Waals surface area (Å²) >= 11 is 0. The molecule has 1 rings (SSSR count). The number of hydrogen-bond donors (Lipinski definition) is 1. The van der Waals surface area contributed by atoms with Gasteiger partial charge >= 0.3 is 17.9 Å². The van der Waals surface area contributed by atoms with Crippen LogP contribution in [0.25, 0.3) is 0 Å². The van der Waals surface area contributed by atoms with Crippen molar-refractivity contribution in [3.05, 3.63) is 47.5 Å². The van der Waals surface area contributed by atoms with Gasteiger partial charge in [-0.2, -0.15) is 0 Å². The van der Waals surface area contributed by atoms with E-state index in [2.05, 4.69) is 11.3 Å². The summed E-state index contributed by atoms with van der Waals surface area (Å²) in [5.41, 5.74) is -0.183. The summed E-state index contributed by atoms with van der Waals surface area (Å²) in [5.74, 6) is -3.07. The molecule has 0 aliphatic rings. The lowest BCUT2D eigenvalue weighted by Gasteiger charge is -2.06. The van der Waals surface area contributed by atoms with E-state index in [-0.39, 0.29) is 16.7 Å². The second kappa shape index (κ2) is 6.49. The highest BCUT2D eigenvalue weighted by Gasteiger charge is 2.20. The van der Waals surface area contributed by atoms with E-state index in [4.69, 9.17) is 5.11 Å². The number of carbonyl (C=O) groups is 3. The van der Waals surface area contributed by atoms with Crippen LogP contribution >= 0.6 is 0 Å². The SMILES string of the molecule is C=C(CCC)C(=O)OC(=O)c1ccccc1C(=O)O. The Morgan fingerprint density at radius 2 is 1.79 bits per heavy atom. The Morgan fingerprint density at radius 1 is 1.21 bits per heavy atom. The minimum atomic E-state index is -1.26. The third-order valence-electron chi connectivity index (χ3n) is 2.40. The fourth-order valence-electron chi connectivity index (χ4n) is 1.46. The molecule has 0 aliphatic carbocycles. The van der Waals surface area contributed by atoms with Gasteiger partial charge < -0.3 is 9.84 Å². The topological polar surface area (TPSA) is 80.7 Å². The lowest BCUT2D eigenvalue weighted by Crippen LogP contribution is -2.17. The molecular formula is C14H14O5. The lowest BCUT2D eigenvalue weighted by atomic mass is 10.1. The molecule has 19 heavy (non-hydrogen) atoms. The first-order chi connectivity index (χ1) is 8.97. The quantitative estimate of drug-likeness (QED) is 0.500. The van der Waals surface area contributed by atoms with E-state index in [1.807, 2.05) is 6.92 Å². The summed E-state index contributed by atoms with van der Waals surface area (Å²) in [5, 5.41) is 8.93. The van der Waals surface area contributed by atoms with Crippen LogP contribution in [0.3, 0.4) is 0 Å². The molecule has 0 saturated carbocycles. The first-order valence-corrected chi connectivity index (χ1v) is 5.74. The predicted molar refractivity (Wildman–Crippen MR) is 67.9 cm³/mol. The second-order valence-electron chi connectivity index (χ2n) is 3.88. The minimum Gasteiger partial charge on any atom is -0.478 e. The van der Waals surface area contributed by atoms with Gasteiger partial charge in [-0.05, 0) is 18.6 Å². The van der Waals surface area contributed by atoms with Crippen molar-refractivity contribution in [3.8, 4) is 0 Å². The van der Waals surface area contributed by atoms with Crippen LogP contribution in [-0.4, -0.2) is 23.0 Å². The number of carboxylic acids is 1. The van der Waals surface area contributed by atoms with Gasteiger partial charge in [0.2, 0.25) is 0 Å². The Balaban J connectivity index is 2.88. The van der Waals surface area contributed by atoms with Crippen molar-refractivity contribution in [2.75, 3.05) is 0 Å². The third-order valence-corrected chi connectivity index (χ3v) is 2.40. The van der Waals surface area contributed by atoms with E-state index in [9.17, 15) is 14.4 Å². The van der Waals surface area contributed by atoms with Crippen LogP contribution < -0.4 is 0 Å². The van der Waals surface area contributed by atoms with Crippen molar-refractivity contribution in [2.45, 2.75) is 19.8 Å². The number of carboxylic acid groups (broad SMARTS) is 1. The van der Waals surface area contributed by atoms with E-state index in [0.29, 0.717) is 12.8 Å². The van der Waals surface area contributed by atoms with Gasteiger partial charge in [0.05, 0.1) is 11.1 Å². The van der Waals surface area contributed by atoms with Gasteiger partial charge in [0, 0.05) is 5.57 Å². The number of hydrogen-bond acceptors (Lipinski definition) is 4. The lowest BCUT2D eigenvalue weighted by molar-refractivity contribution is -0.133. The molecule has 0 aromatic heterocycles. The maximum Gasteiger partial charge on any atom is 0.346 e. The Labute approximate surface area is 110 Å². The van der Waals surface area contributed by atoms with Crippen molar-refractivity contribution in [1.82, 2.24) is 0 Å². The highest BCUT2D eigenvalue weighted by atomic mass is 16.6. The number of rotatable bonds is 5. The maximum atomic E-state index is 11.7. The molecule has 0 spiro atoms. The van der Waals surface area contributed by atoms with Gasteiger partial charge in [0.1, 0.15) is 0 Å². The number of carbonyl (C=O) groups excluding carboxylic acids is 2. The van der Waals surface area contributed by atoms with Crippen LogP contribution in [0.5, 0.6) is 0 Å². The summed E-state index contributed by atoms with van der Waals surface area (Å²) in [6.45, 7) is 5.37. The highest BCUT2D eigenvalue weighted by Crippen LogP contribution is 2.12. The summed E-state index contributed by atoms with van der Waals surface area (Å²) in [7, 11) is 0. The predicted octanol–water partition coefficient (Wildman–Crippen LogP) is 2.42. The van der Waals surface area contributed by atoms with E-state index in [1.165, 1.54) is 24.3 Å². The smallest absolute Gasteiger partial charge is 0.346 e. The summed E-state index contributed by atoms with van der Waals surface area (Å²) in [4.78, 5) is 34.2. The van der Waals surface area contributed by atoms with Crippen molar-refractivity contribution >= 4 is 17.9 Å². The van der Waals surface area contributed by atoms with Crippen molar-refractivity contribution in [2.24, 2.45) is 0 Å². The standard InChI is InChI=1S/C14H14O5/c1-3-6-9(2)13(17)19-14(18)11-8-5-4-7-10(11)12(15)16/h4-5,7-8H,2-3,6H2,1H3,(H,15,16). The molecule has 1 aromatic carbocycles. The maximum absolute atomic E-state index is 11.7. The molecular weight excluding hydrogens is 248 g/mol. The van der Waals surface area contributed by atoms with E-state index in [1.54, 1.807) is 0 Å². The summed E-state index contributed by atoms with van der Waals surface area (Å²) < 4.78 is 4.60. The Kier molecular flexibility index (Phi) is 5.00. The largest absolute Gasteiger partial charge is 0.478 e. The Hall–Kier alpha value is -2.43. The Morgan fingerprint density at radius 3 is 2.32 bits per heavy atom. The highest BCUT2D eigenvalue weighted by molar-refractivity contribution is 6.07. The molecule has 0 radical (unpaired) electrons. The summed E-state index contributed by atoms with van der Waals surface area (Å²) in [6.07, 6.45) is 1.13. The first-order valence-electron chi connectivity index (χ1n) is 5.74. The number of benzene rings is 1. The van der Waals surface area contributed by atoms with Crippen LogP contribution in [0.2, 0.25) is 0 Å². The van der Waals surface area contributed by atoms with E-state index >= 15 is 0 Å². The van der Waals surface area contributed by atoms with Gasteiger partial charge in [-0.3, -0.25) is 0 Å². The molecule has 0 saturated heterocycles. The van der Waals surface area contributed by atoms with Crippen LogP contribution in [-0.2, 0) is 9.53 Å². The molecule has 5 heteroatoms. The van der Waals surface area contributed by atoms with E-state index < -0.39 is 17.9 Å². The zero-order chi connectivity index (χ0) is 14.4. The molecule has 0 heterocycles. The molecule has 0 bridgehead atoms. The molecule has 5 nitrogen and oxygen atoms in total. The average molecular weight is 262 g/mol. The molecule has 100 valence electrons. The van der Waals surface area contributed by atoms with Crippen molar-refractivity contribution in [1.29, 1.82) is 0 Å². The van der Waals surface area contributed by atoms with Crippen molar-refractivity contribution in [3.63, 3.8) is 0 Å². The van der Waals surface area contributed by atoms with Gasteiger partial charge in [0.25, 0.3) is 0 Å². The zero-order valence-electron chi connectivity index (χ0n) is 10.5. The number of aromatic carboxylic acids is 1. The fraction of sp³-hybridized carbons (Fsp3) is 0.214. The molecule has 0 unspecified atom stereocenters. The first kappa shape index (κ1) is 14.6. The van der Waals surface area contributed by atoms with E-state index in [0.717, 1.165) is 0 Å². The van der Waals surface area contributed by atoms with Gasteiger partial charge in [-0.15, -0.1) is 0 Å². The normalized spacial score (nSPS) is 9.74. The van der Waals surface area contributed by atoms with Crippen LogP contribution in [0, 0.1) is 0 Å². The summed E-state index contributed by atoms with van der Waals surface area (Å²) in [6, 6.07) is 5.54. The minimum absolute atomic E-state index is 0.160. The monoisotopic (exact) mass is 262 g/mol. The molecule has 1 aromatic rings. The van der Waals surface area contributed by atoms with Crippen LogP contribution in [0.4, 0.5) is 0 Å². The average Bonchev–Trinajstić information content (AvgIpc) is 2.38. The van der Waals surface area contributed by atoms with Crippen molar-refractivity contribution < 1.29 is 24.2 Å². The van der Waals surface area contributed by atoms with Gasteiger partial charge in [-0.1, -0.05) is 32.1 Å². The fourth-order valence-corrected chi connectivity index (χ4v) is 1.46. The second-order valence-corrected chi connectivity index (χ2v) is 3.88. The number of esters is 2. The zero-order valence-corrected chi connectivity index (χ0v) is 10.5. The molecule has 0 atom stereocenters. The molecule has 1 N–H and O–H groups in total. The van der Waals surface area contributed by atoms with Crippen LogP contribution in [0.15, 0.2) is 36.4 Å². The Bertz CT molecular complexity index is 530. The molecule has 0 amide bonds. The molecule has 0 aliphatic heterocycles. The van der Waals surface area contributed by atoms with Gasteiger partial charge in [0.15, 0.2) is 0 Å². The number of ether oxygens (including phenoxy) is 1. The van der Waals surface area contributed by atoms with Crippen LogP contribution in [0.1, 0.15) is 40.5 Å². The van der Waals surface area contributed by atoms with Gasteiger partial charge in [-0.25, -0.2) is 14.4 Å².